The number of alkyl halides is 2. The molecular formula is C7H15F2N. The van der Waals surface area contributed by atoms with E-state index < -0.39 is 6.43 Å². The first-order valence-corrected chi connectivity index (χ1v) is 3.66. The van der Waals surface area contributed by atoms with Crippen LogP contribution in [0.2, 0.25) is 0 Å². The molecule has 1 atom stereocenters. The monoisotopic (exact) mass is 151 g/mol. The Morgan fingerprint density at radius 3 is 2.20 bits per heavy atom. The second-order valence-corrected chi connectivity index (χ2v) is 2.36. The predicted molar refractivity (Wildman–Crippen MR) is 38.4 cm³/mol. The Kier molecular flexibility index (Phi) is 5.49. The molecule has 0 amide bonds. The van der Waals surface area contributed by atoms with Crippen molar-refractivity contribution in [3.8, 4) is 0 Å². The van der Waals surface area contributed by atoms with Crippen LogP contribution in [0.3, 0.4) is 0 Å². The van der Waals surface area contributed by atoms with Crippen molar-refractivity contribution < 1.29 is 8.78 Å². The second-order valence-electron chi connectivity index (χ2n) is 2.36. The van der Waals surface area contributed by atoms with Crippen LogP contribution in [0.1, 0.15) is 26.2 Å². The molecule has 0 aliphatic heterocycles. The molecule has 0 spiro atoms. The van der Waals surface area contributed by atoms with Gasteiger partial charge < -0.3 is 5.32 Å². The minimum Gasteiger partial charge on any atom is -0.317 e. The number of nitrogens with one attached hydrogen (secondary N) is 1. The topological polar surface area (TPSA) is 12.0 Å². The first-order valence-electron chi connectivity index (χ1n) is 3.66. The van der Waals surface area contributed by atoms with Crippen molar-refractivity contribution in [3.63, 3.8) is 0 Å². The molecule has 0 saturated carbocycles. The Hall–Kier alpha value is -0.180. The molecule has 0 aliphatic rings. The average Bonchev–Trinajstić information content (AvgIpc) is 1.90. The van der Waals surface area contributed by atoms with Gasteiger partial charge in [-0.25, -0.2) is 8.78 Å². The van der Waals surface area contributed by atoms with Crippen molar-refractivity contribution in [2.75, 3.05) is 7.05 Å². The lowest BCUT2D eigenvalue weighted by Crippen LogP contribution is -2.24. The predicted octanol–water partition coefficient (Wildman–Crippen LogP) is 2.03. The summed E-state index contributed by atoms with van der Waals surface area (Å²) in [4.78, 5) is 0. The van der Waals surface area contributed by atoms with E-state index in [9.17, 15) is 8.78 Å². The van der Waals surface area contributed by atoms with Gasteiger partial charge in [0.1, 0.15) is 0 Å². The maximum absolute atomic E-state index is 11.6. The maximum atomic E-state index is 11.6. The normalized spacial score (nSPS) is 14.1. The molecule has 0 rings (SSSR count). The molecule has 0 aromatic rings. The van der Waals surface area contributed by atoms with Gasteiger partial charge in [0.25, 0.3) is 0 Å². The highest BCUT2D eigenvalue weighted by Crippen LogP contribution is 2.07. The smallest absolute Gasteiger partial charge is 0.238 e. The molecule has 0 fully saturated rings. The highest BCUT2D eigenvalue weighted by atomic mass is 19.3. The summed E-state index contributed by atoms with van der Waals surface area (Å²) in [7, 11) is 1.81. The summed E-state index contributed by atoms with van der Waals surface area (Å²) in [5.74, 6) is 0. The van der Waals surface area contributed by atoms with Crippen LogP contribution in [0, 0.1) is 0 Å². The molecule has 1 N–H and O–H groups in total. The van der Waals surface area contributed by atoms with E-state index in [0.717, 1.165) is 6.42 Å². The summed E-state index contributed by atoms with van der Waals surface area (Å²) in [6.45, 7) is 1.99. The second kappa shape index (κ2) is 5.59. The van der Waals surface area contributed by atoms with Gasteiger partial charge in [0.2, 0.25) is 6.43 Å². The van der Waals surface area contributed by atoms with Crippen LogP contribution < -0.4 is 5.32 Å². The van der Waals surface area contributed by atoms with Crippen LogP contribution in [0.25, 0.3) is 0 Å². The first-order chi connectivity index (χ1) is 4.70. The Labute approximate surface area is 60.8 Å². The highest BCUT2D eigenvalue weighted by Gasteiger charge is 2.07. The van der Waals surface area contributed by atoms with Gasteiger partial charge in [-0.3, -0.25) is 0 Å². The molecule has 10 heavy (non-hydrogen) atoms. The summed E-state index contributed by atoms with van der Waals surface area (Å²) in [6, 6.07) is 0.258. The molecular weight excluding hydrogens is 136 g/mol. The molecule has 62 valence electrons. The Bertz CT molecular complexity index is 72.0. The van der Waals surface area contributed by atoms with Crippen molar-refractivity contribution in [2.24, 2.45) is 0 Å². The zero-order valence-corrected chi connectivity index (χ0v) is 6.53. The van der Waals surface area contributed by atoms with Gasteiger partial charge in [0, 0.05) is 12.5 Å². The van der Waals surface area contributed by atoms with Gasteiger partial charge in [-0.1, -0.05) is 6.92 Å². The van der Waals surface area contributed by atoms with Gasteiger partial charge >= 0.3 is 0 Å². The lowest BCUT2D eigenvalue weighted by Gasteiger charge is -2.12. The van der Waals surface area contributed by atoms with Crippen molar-refractivity contribution in [3.05, 3.63) is 0 Å². The Balaban J connectivity index is 3.26. The summed E-state index contributed by atoms with van der Waals surface area (Å²) in [5, 5.41) is 2.97. The van der Waals surface area contributed by atoms with E-state index in [1.807, 2.05) is 6.92 Å². The molecule has 1 unspecified atom stereocenters. The third kappa shape index (κ3) is 4.68. The van der Waals surface area contributed by atoms with Crippen LogP contribution in [0.5, 0.6) is 0 Å². The maximum Gasteiger partial charge on any atom is 0.238 e. The molecule has 3 heteroatoms. The fraction of sp³-hybridized carbons (Fsp3) is 1.00. The number of hydrogen-bond donors (Lipinski definition) is 1. The molecule has 0 radical (unpaired) electrons. The minimum absolute atomic E-state index is 0.0132. The van der Waals surface area contributed by atoms with E-state index in [0.29, 0.717) is 6.42 Å². The van der Waals surface area contributed by atoms with E-state index >= 15 is 0 Å². The van der Waals surface area contributed by atoms with E-state index in [1.165, 1.54) is 0 Å². The van der Waals surface area contributed by atoms with Crippen LogP contribution in [0.4, 0.5) is 8.78 Å². The molecule has 0 heterocycles. The molecule has 0 saturated heterocycles. The standard InChI is InChI=1S/C7H15F2N/c1-3-6(10-2)4-5-7(8)9/h6-7,10H,3-5H2,1-2H3. The van der Waals surface area contributed by atoms with Crippen LogP contribution in [-0.4, -0.2) is 19.5 Å². The van der Waals surface area contributed by atoms with E-state index in [2.05, 4.69) is 5.32 Å². The largest absolute Gasteiger partial charge is 0.317 e. The summed E-state index contributed by atoms with van der Waals surface area (Å²) in [6.07, 6.45) is -0.643. The lowest BCUT2D eigenvalue weighted by atomic mass is 10.1. The van der Waals surface area contributed by atoms with Crippen molar-refractivity contribution in [1.29, 1.82) is 0 Å². The van der Waals surface area contributed by atoms with Crippen molar-refractivity contribution in [2.45, 2.75) is 38.7 Å². The van der Waals surface area contributed by atoms with Gasteiger partial charge in [-0.15, -0.1) is 0 Å². The third-order valence-corrected chi connectivity index (χ3v) is 1.63. The zero-order chi connectivity index (χ0) is 7.98. The first kappa shape index (κ1) is 9.82. The van der Waals surface area contributed by atoms with E-state index in [4.69, 9.17) is 0 Å². The van der Waals surface area contributed by atoms with Crippen molar-refractivity contribution >= 4 is 0 Å². The third-order valence-electron chi connectivity index (χ3n) is 1.63. The number of halogens is 2. The van der Waals surface area contributed by atoms with Gasteiger partial charge in [0.05, 0.1) is 0 Å². The molecule has 0 aromatic heterocycles. The van der Waals surface area contributed by atoms with Crippen LogP contribution in [-0.2, 0) is 0 Å². The molecule has 1 nitrogen and oxygen atoms in total. The zero-order valence-electron chi connectivity index (χ0n) is 6.53. The average molecular weight is 151 g/mol. The molecule has 0 aliphatic carbocycles. The molecule has 0 aromatic carbocycles. The number of rotatable bonds is 5. The van der Waals surface area contributed by atoms with Gasteiger partial charge in [-0.05, 0) is 19.9 Å². The summed E-state index contributed by atoms with van der Waals surface area (Å²) in [5.41, 5.74) is 0. The lowest BCUT2D eigenvalue weighted by molar-refractivity contribution is 0.130. The number of hydrogen-bond acceptors (Lipinski definition) is 1. The SMILES string of the molecule is CCC(CCC(F)F)NC. The van der Waals surface area contributed by atoms with Crippen LogP contribution in [0.15, 0.2) is 0 Å². The quantitative estimate of drug-likeness (QED) is 0.634. The van der Waals surface area contributed by atoms with Gasteiger partial charge in [0.15, 0.2) is 0 Å². The van der Waals surface area contributed by atoms with Crippen LogP contribution >= 0.6 is 0 Å². The summed E-state index contributed by atoms with van der Waals surface area (Å²) >= 11 is 0. The fourth-order valence-electron chi connectivity index (χ4n) is 0.880. The minimum atomic E-state index is -2.15. The Morgan fingerprint density at radius 1 is 1.30 bits per heavy atom. The van der Waals surface area contributed by atoms with E-state index in [1.54, 1.807) is 7.05 Å². The molecule has 0 bridgehead atoms. The fourth-order valence-corrected chi connectivity index (χ4v) is 0.880. The van der Waals surface area contributed by atoms with Crippen molar-refractivity contribution in [1.82, 2.24) is 5.32 Å². The van der Waals surface area contributed by atoms with E-state index in [-0.39, 0.29) is 12.5 Å². The summed E-state index contributed by atoms with van der Waals surface area (Å²) < 4.78 is 23.3. The highest BCUT2D eigenvalue weighted by molar-refractivity contribution is 4.61. The Morgan fingerprint density at radius 2 is 1.90 bits per heavy atom. The van der Waals surface area contributed by atoms with Gasteiger partial charge in [-0.2, -0.15) is 0 Å².